The van der Waals surface area contributed by atoms with Crippen LogP contribution in [0.15, 0.2) is 34.8 Å². The Labute approximate surface area is 125 Å². The van der Waals surface area contributed by atoms with Crippen molar-refractivity contribution in [3.8, 4) is 11.5 Å². The Morgan fingerprint density at radius 2 is 1.65 bits per heavy atom. The first-order valence-electron chi connectivity index (χ1n) is 6.08. The Balaban J connectivity index is 2.33. The largest absolute Gasteiger partial charge is 0.457 e. The third-order valence-electron chi connectivity index (χ3n) is 3.01. The van der Waals surface area contributed by atoms with Crippen molar-refractivity contribution in [2.24, 2.45) is 0 Å². The molecule has 0 aromatic heterocycles. The lowest BCUT2D eigenvalue weighted by molar-refractivity contribution is -0.384. The third-order valence-corrected chi connectivity index (χ3v) is 4.26. The number of hydrogen-bond acceptors (Lipinski definition) is 3. The number of ether oxygens (including phenoxy) is 1. The smallest absolute Gasteiger partial charge is 0.269 e. The maximum atomic E-state index is 10.7. The van der Waals surface area contributed by atoms with E-state index >= 15 is 0 Å². The van der Waals surface area contributed by atoms with Crippen molar-refractivity contribution in [2.75, 3.05) is 0 Å². The van der Waals surface area contributed by atoms with Crippen LogP contribution >= 0.6 is 15.9 Å². The van der Waals surface area contributed by atoms with E-state index in [1.165, 1.54) is 12.1 Å². The molecule has 0 unspecified atom stereocenters. The van der Waals surface area contributed by atoms with Gasteiger partial charge in [0.1, 0.15) is 11.5 Å². The van der Waals surface area contributed by atoms with Gasteiger partial charge >= 0.3 is 0 Å². The average molecular weight is 336 g/mol. The average Bonchev–Trinajstić information content (AvgIpc) is 2.38. The van der Waals surface area contributed by atoms with Crippen LogP contribution in [0.5, 0.6) is 11.5 Å². The van der Waals surface area contributed by atoms with Crippen LogP contribution in [0, 0.1) is 30.9 Å². The van der Waals surface area contributed by atoms with Gasteiger partial charge in [-0.3, -0.25) is 10.1 Å². The molecule has 0 heterocycles. The van der Waals surface area contributed by atoms with E-state index in [4.69, 9.17) is 4.74 Å². The Morgan fingerprint density at radius 3 is 2.15 bits per heavy atom. The summed E-state index contributed by atoms with van der Waals surface area (Å²) in [4.78, 5) is 10.3. The van der Waals surface area contributed by atoms with Crippen LogP contribution in [0.3, 0.4) is 0 Å². The van der Waals surface area contributed by atoms with Crippen molar-refractivity contribution in [3.63, 3.8) is 0 Å². The number of halogens is 1. The predicted molar refractivity (Wildman–Crippen MR) is 81.5 cm³/mol. The number of nitro groups is 1. The first-order valence-corrected chi connectivity index (χ1v) is 6.87. The zero-order valence-corrected chi connectivity index (χ0v) is 13.0. The fraction of sp³-hybridized carbons (Fsp3) is 0.200. The summed E-state index contributed by atoms with van der Waals surface area (Å²) in [6.07, 6.45) is 0. The summed E-state index contributed by atoms with van der Waals surface area (Å²) in [5.41, 5.74) is 2.97. The zero-order chi connectivity index (χ0) is 14.9. The molecule has 2 aromatic carbocycles. The van der Waals surface area contributed by atoms with Crippen LogP contribution in [0.2, 0.25) is 0 Å². The van der Waals surface area contributed by atoms with E-state index in [0.29, 0.717) is 5.75 Å². The molecular formula is C15H14BrNO3. The first kappa shape index (κ1) is 14.5. The van der Waals surface area contributed by atoms with Gasteiger partial charge in [-0.15, -0.1) is 0 Å². The maximum Gasteiger partial charge on any atom is 0.269 e. The minimum absolute atomic E-state index is 0.0676. The molecule has 0 atom stereocenters. The van der Waals surface area contributed by atoms with Crippen molar-refractivity contribution >= 4 is 21.6 Å². The highest BCUT2D eigenvalue weighted by Gasteiger charge is 2.10. The summed E-state index contributed by atoms with van der Waals surface area (Å²) < 4.78 is 6.88. The molecule has 0 spiro atoms. The molecular weight excluding hydrogens is 322 g/mol. The molecule has 0 saturated heterocycles. The predicted octanol–water partition coefficient (Wildman–Crippen LogP) is 5.07. The van der Waals surface area contributed by atoms with E-state index in [1.807, 2.05) is 26.0 Å². The van der Waals surface area contributed by atoms with Crippen molar-refractivity contribution < 1.29 is 9.66 Å². The van der Waals surface area contributed by atoms with Crippen LogP contribution in [0.1, 0.15) is 16.7 Å². The summed E-state index contributed by atoms with van der Waals surface area (Å²) in [7, 11) is 0. The molecule has 0 bridgehead atoms. The summed E-state index contributed by atoms with van der Waals surface area (Å²) in [5.74, 6) is 1.34. The standard InChI is InChI=1S/C15H14BrNO3/c1-9-6-12(17(18)19)4-5-14(9)20-13-7-10(2)15(16)11(3)8-13/h4-8H,1-3H3. The van der Waals surface area contributed by atoms with Crippen molar-refractivity contribution in [2.45, 2.75) is 20.8 Å². The van der Waals surface area contributed by atoms with Gasteiger partial charge in [-0.05, 0) is 55.7 Å². The quantitative estimate of drug-likeness (QED) is 0.580. The Hall–Kier alpha value is -1.88. The molecule has 0 aliphatic heterocycles. The van der Waals surface area contributed by atoms with Crippen LogP contribution in [0.4, 0.5) is 5.69 Å². The molecule has 0 amide bonds. The van der Waals surface area contributed by atoms with E-state index in [1.54, 1.807) is 13.0 Å². The number of benzene rings is 2. The van der Waals surface area contributed by atoms with Gasteiger partial charge in [-0.2, -0.15) is 0 Å². The second-order valence-corrected chi connectivity index (χ2v) is 5.47. The number of non-ortho nitro benzene ring substituents is 1. The fourth-order valence-electron chi connectivity index (χ4n) is 1.95. The summed E-state index contributed by atoms with van der Waals surface area (Å²) in [6.45, 7) is 5.78. The van der Waals surface area contributed by atoms with Gasteiger partial charge in [0.25, 0.3) is 5.69 Å². The van der Waals surface area contributed by atoms with Gasteiger partial charge < -0.3 is 4.74 Å². The number of aryl methyl sites for hydroxylation is 3. The number of rotatable bonds is 3. The van der Waals surface area contributed by atoms with E-state index in [0.717, 1.165) is 26.9 Å². The lowest BCUT2D eigenvalue weighted by atomic mass is 10.1. The van der Waals surface area contributed by atoms with Crippen molar-refractivity contribution in [1.29, 1.82) is 0 Å². The van der Waals surface area contributed by atoms with Crippen LogP contribution in [0.25, 0.3) is 0 Å². The van der Waals surface area contributed by atoms with Crippen molar-refractivity contribution in [1.82, 2.24) is 0 Å². The monoisotopic (exact) mass is 335 g/mol. The molecule has 2 rings (SSSR count). The molecule has 0 fully saturated rings. The van der Waals surface area contributed by atoms with E-state index in [2.05, 4.69) is 15.9 Å². The van der Waals surface area contributed by atoms with Gasteiger partial charge in [-0.1, -0.05) is 15.9 Å². The van der Waals surface area contributed by atoms with Gasteiger partial charge in [0.05, 0.1) is 4.92 Å². The second kappa shape index (κ2) is 5.63. The topological polar surface area (TPSA) is 52.4 Å². The lowest BCUT2D eigenvalue weighted by Gasteiger charge is -2.11. The molecule has 5 heteroatoms. The highest BCUT2D eigenvalue weighted by Crippen LogP contribution is 2.32. The highest BCUT2D eigenvalue weighted by molar-refractivity contribution is 9.10. The number of nitrogens with zero attached hydrogens (tertiary/aromatic N) is 1. The van der Waals surface area contributed by atoms with Gasteiger partial charge in [0.2, 0.25) is 0 Å². The molecule has 0 aliphatic carbocycles. The third kappa shape index (κ3) is 2.99. The van der Waals surface area contributed by atoms with E-state index in [-0.39, 0.29) is 5.69 Å². The van der Waals surface area contributed by atoms with Gasteiger partial charge in [0, 0.05) is 16.6 Å². The Morgan fingerprint density at radius 1 is 1.05 bits per heavy atom. The SMILES string of the molecule is Cc1cc([N+](=O)[O-])ccc1Oc1cc(C)c(Br)c(C)c1. The van der Waals surface area contributed by atoms with Crippen molar-refractivity contribution in [3.05, 3.63) is 61.6 Å². The van der Waals surface area contributed by atoms with E-state index < -0.39 is 4.92 Å². The lowest BCUT2D eigenvalue weighted by Crippen LogP contribution is -1.93. The molecule has 0 aliphatic rings. The Kier molecular flexibility index (Phi) is 4.09. The van der Waals surface area contributed by atoms with Crippen LogP contribution < -0.4 is 4.74 Å². The molecule has 0 N–H and O–H groups in total. The fourth-order valence-corrected chi connectivity index (χ4v) is 2.18. The molecule has 0 radical (unpaired) electrons. The molecule has 2 aromatic rings. The normalized spacial score (nSPS) is 10.4. The maximum absolute atomic E-state index is 10.7. The minimum atomic E-state index is -0.412. The van der Waals surface area contributed by atoms with Gasteiger partial charge in [-0.25, -0.2) is 0 Å². The number of nitro benzene ring substituents is 1. The first-order chi connectivity index (χ1) is 9.38. The highest BCUT2D eigenvalue weighted by atomic mass is 79.9. The van der Waals surface area contributed by atoms with Crippen LogP contribution in [-0.4, -0.2) is 4.92 Å². The van der Waals surface area contributed by atoms with E-state index in [9.17, 15) is 10.1 Å². The zero-order valence-electron chi connectivity index (χ0n) is 11.4. The Bertz CT molecular complexity index is 660. The second-order valence-electron chi connectivity index (χ2n) is 4.68. The molecule has 104 valence electrons. The summed E-state index contributed by atoms with van der Waals surface area (Å²) in [5, 5.41) is 10.7. The summed E-state index contributed by atoms with van der Waals surface area (Å²) >= 11 is 3.51. The minimum Gasteiger partial charge on any atom is -0.457 e. The van der Waals surface area contributed by atoms with Gasteiger partial charge in [0.15, 0.2) is 0 Å². The molecule has 20 heavy (non-hydrogen) atoms. The number of hydrogen-bond donors (Lipinski definition) is 0. The summed E-state index contributed by atoms with van der Waals surface area (Å²) in [6, 6.07) is 8.44. The van der Waals surface area contributed by atoms with Crippen LogP contribution in [-0.2, 0) is 0 Å². The molecule has 0 saturated carbocycles. The molecule has 4 nitrogen and oxygen atoms in total.